The molecule has 224 valence electrons. The lowest BCUT2D eigenvalue weighted by Crippen LogP contribution is -2.16. The molecule has 0 saturated carbocycles. The van der Waals surface area contributed by atoms with Crippen LogP contribution in [0.2, 0.25) is 0 Å². The van der Waals surface area contributed by atoms with Crippen LogP contribution in [0.15, 0.2) is 158 Å². The summed E-state index contributed by atoms with van der Waals surface area (Å²) in [6, 6.07) is 49.9. The van der Waals surface area contributed by atoms with Gasteiger partial charge in [-0.05, 0) is 89.0 Å². The van der Waals surface area contributed by atoms with Crippen LogP contribution in [0.25, 0.3) is 49.9 Å². The highest BCUT2D eigenvalue weighted by Crippen LogP contribution is 2.50. The molecule has 0 amide bonds. The van der Waals surface area contributed by atoms with E-state index in [0.717, 1.165) is 34.0 Å². The molecule has 0 fully saturated rings. The predicted molar refractivity (Wildman–Crippen MR) is 194 cm³/mol. The van der Waals surface area contributed by atoms with E-state index in [1.165, 1.54) is 44.1 Å². The molecule has 0 bridgehead atoms. The number of hydrogen-bond donors (Lipinski definition) is 0. The van der Waals surface area contributed by atoms with Gasteiger partial charge in [0.05, 0.1) is 28.6 Å². The Bertz CT molecular complexity index is 2420. The average Bonchev–Trinajstić information content (AvgIpc) is 3.58. The zero-order chi connectivity index (χ0) is 31.5. The van der Waals surface area contributed by atoms with Crippen molar-refractivity contribution in [2.75, 3.05) is 4.90 Å². The van der Waals surface area contributed by atoms with Gasteiger partial charge in [-0.1, -0.05) is 86.6 Å². The van der Waals surface area contributed by atoms with Crippen LogP contribution in [0.1, 0.15) is 25.0 Å². The average molecular weight is 605 g/mol. The van der Waals surface area contributed by atoms with Gasteiger partial charge in [-0.25, -0.2) is 0 Å². The van der Waals surface area contributed by atoms with Crippen molar-refractivity contribution in [1.29, 1.82) is 0 Å². The molecule has 3 aromatic heterocycles. The first-order chi connectivity index (χ1) is 23.1. The molecule has 0 atom stereocenters. The van der Waals surface area contributed by atoms with E-state index >= 15 is 0 Å². The number of benzene rings is 5. The Morgan fingerprint density at radius 3 is 2.11 bits per heavy atom. The monoisotopic (exact) mass is 604 g/mol. The van der Waals surface area contributed by atoms with Crippen LogP contribution in [0.5, 0.6) is 0 Å². The third-order valence-corrected chi connectivity index (χ3v) is 9.74. The maximum Gasteiger partial charge on any atom is 0.0703 e. The molecule has 0 unspecified atom stereocenters. The number of aromatic nitrogens is 3. The molecule has 9 rings (SSSR count). The Hall–Kier alpha value is -6.00. The van der Waals surface area contributed by atoms with Gasteiger partial charge < -0.3 is 9.47 Å². The summed E-state index contributed by atoms with van der Waals surface area (Å²) < 4.78 is 2.34. The van der Waals surface area contributed by atoms with Crippen LogP contribution in [-0.2, 0) is 5.41 Å². The van der Waals surface area contributed by atoms with Gasteiger partial charge >= 0.3 is 0 Å². The number of para-hydroxylation sites is 2. The van der Waals surface area contributed by atoms with E-state index in [-0.39, 0.29) is 5.41 Å². The van der Waals surface area contributed by atoms with Gasteiger partial charge in [0.25, 0.3) is 0 Å². The summed E-state index contributed by atoms with van der Waals surface area (Å²) in [5.41, 5.74) is 13.9. The lowest BCUT2D eigenvalue weighted by molar-refractivity contribution is 0.660. The minimum absolute atomic E-state index is 0.0871. The number of fused-ring (bicyclic) bond motifs is 6. The molecule has 1 aliphatic carbocycles. The fraction of sp³-hybridized carbons (Fsp3) is 0.0698. The van der Waals surface area contributed by atoms with Gasteiger partial charge in [0.15, 0.2) is 0 Å². The van der Waals surface area contributed by atoms with Gasteiger partial charge in [0.2, 0.25) is 0 Å². The van der Waals surface area contributed by atoms with Crippen molar-refractivity contribution >= 4 is 38.9 Å². The third-order valence-electron chi connectivity index (χ3n) is 9.74. The number of rotatable bonds is 5. The normalized spacial score (nSPS) is 13.1. The summed E-state index contributed by atoms with van der Waals surface area (Å²) in [4.78, 5) is 11.6. The largest absolute Gasteiger partial charge is 0.309 e. The van der Waals surface area contributed by atoms with Gasteiger partial charge in [0, 0.05) is 51.2 Å². The van der Waals surface area contributed by atoms with Crippen LogP contribution < -0.4 is 4.90 Å². The summed E-state index contributed by atoms with van der Waals surface area (Å²) in [7, 11) is 0. The van der Waals surface area contributed by atoms with Crippen molar-refractivity contribution in [2.45, 2.75) is 19.3 Å². The Labute approximate surface area is 274 Å². The van der Waals surface area contributed by atoms with E-state index in [9.17, 15) is 0 Å². The Morgan fingerprint density at radius 2 is 1.28 bits per heavy atom. The number of nitrogens with zero attached hydrogens (tertiary/aromatic N) is 4. The molecule has 4 nitrogen and oxygen atoms in total. The smallest absolute Gasteiger partial charge is 0.0703 e. The lowest BCUT2D eigenvalue weighted by Gasteiger charge is -2.27. The second-order valence-electron chi connectivity index (χ2n) is 12.8. The van der Waals surface area contributed by atoms with Crippen molar-refractivity contribution in [3.05, 3.63) is 169 Å². The summed E-state index contributed by atoms with van der Waals surface area (Å²) in [5, 5.41) is 2.45. The summed E-state index contributed by atoms with van der Waals surface area (Å²) in [5.74, 6) is 0. The van der Waals surface area contributed by atoms with Crippen LogP contribution >= 0.6 is 0 Å². The molecule has 1 aliphatic rings. The predicted octanol–water partition coefficient (Wildman–Crippen LogP) is 11.0. The first kappa shape index (κ1) is 27.3. The molecule has 8 aromatic rings. The Balaban J connectivity index is 1.13. The molecule has 0 saturated heterocycles. The molecule has 0 radical (unpaired) electrons. The minimum atomic E-state index is -0.0871. The van der Waals surface area contributed by atoms with E-state index in [4.69, 9.17) is 4.98 Å². The summed E-state index contributed by atoms with van der Waals surface area (Å²) >= 11 is 0. The highest BCUT2D eigenvalue weighted by atomic mass is 15.1. The molecule has 4 heteroatoms. The number of hydrogen-bond acceptors (Lipinski definition) is 3. The van der Waals surface area contributed by atoms with Crippen molar-refractivity contribution < 1.29 is 0 Å². The van der Waals surface area contributed by atoms with Crippen molar-refractivity contribution in [3.8, 4) is 28.1 Å². The van der Waals surface area contributed by atoms with Crippen LogP contribution in [0.4, 0.5) is 17.1 Å². The summed E-state index contributed by atoms with van der Waals surface area (Å²) in [6.45, 7) is 4.64. The fourth-order valence-electron chi connectivity index (χ4n) is 7.45. The highest BCUT2D eigenvalue weighted by Gasteiger charge is 2.35. The standard InChI is InChI=1S/C43H32N4/c1-43(2)38-14-8-6-12-34(38)35-19-17-32(27-39(35)43)46(31-22-24-44-25-23-31)33-18-20-40(45-28-33)29-16-21-42-37(26-29)36-13-7-9-15-41(36)47(42)30-10-4-3-5-11-30/h3-28H,1-2H3. The van der Waals surface area contributed by atoms with Crippen LogP contribution in [0, 0.1) is 0 Å². The zero-order valence-corrected chi connectivity index (χ0v) is 26.3. The van der Waals surface area contributed by atoms with E-state index < -0.39 is 0 Å². The Kier molecular flexibility index (Phi) is 6.12. The van der Waals surface area contributed by atoms with E-state index in [0.29, 0.717) is 0 Å². The SMILES string of the molecule is CC1(C)c2ccccc2-c2ccc(N(c3ccncc3)c3ccc(-c4ccc5c(c4)c4ccccc4n5-c4ccccc4)nc3)cc21. The first-order valence-corrected chi connectivity index (χ1v) is 16.1. The zero-order valence-electron chi connectivity index (χ0n) is 26.3. The van der Waals surface area contributed by atoms with Gasteiger partial charge in [-0.2, -0.15) is 0 Å². The molecule has 3 heterocycles. The van der Waals surface area contributed by atoms with Crippen LogP contribution in [0.3, 0.4) is 0 Å². The maximum atomic E-state index is 5.04. The molecular formula is C43H32N4. The second-order valence-corrected chi connectivity index (χ2v) is 12.8. The molecular weight excluding hydrogens is 573 g/mol. The second kappa shape index (κ2) is 10.5. The lowest BCUT2D eigenvalue weighted by atomic mass is 9.82. The molecule has 0 aliphatic heterocycles. The van der Waals surface area contributed by atoms with Gasteiger partial charge in [0.1, 0.15) is 0 Å². The third kappa shape index (κ3) is 4.29. The molecule has 5 aromatic carbocycles. The van der Waals surface area contributed by atoms with Gasteiger partial charge in [-0.15, -0.1) is 0 Å². The van der Waals surface area contributed by atoms with Gasteiger partial charge in [-0.3, -0.25) is 9.97 Å². The maximum absolute atomic E-state index is 5.04. The molecule has 47 heavy (non-hydrogen) atoms. The topological polar surface area (TPSA) is 34.0 Å². The first-order valence-electron chi connectivity index (χ1n) is 16.1. The van der Waals surface area contributed by atoms with Crippen LogP contribution in [-0.4, -0.2) is 14.5 Å². The fourth-order valence-corrected chi connectivity index (χ4v) is 7.45. The van der Waals surface area contributed by atoms with E-state index in [2.05, 4.69) is 168 Å². The Morgan fingerprint density at radius 1 is 0.553 bits per heavy atom. The molecule has 0 spiro atoms. The van der Waals surface area contributed by atoms with Crippen molar-refractivity contribution in [1.82, 2.24) is 14.5 Å². The highest BCUT2D eigenvalue weighted by molar-refractivity contribution is 6.10. The van der Waals surface area contributed by atoms with Crippen molar-refractivity contribution in [2.24, 2.45) is 0 Å². The minimum Gasteiger partial charge on any atom is -0.309 e. The number of anilines is 3. The number of pyridine rings is 2. The molecule has 0 N–H and O–H groups in total. The van der Waals surface area contributed by atoms with Crippen molar-refractivity contribution in [3.63, 3.8) is 0 Å². The van der Waals surface area contributed by atoms with E-state index in [1.807, 2.05) is 18.6 Å². The van der Waals surface area contributed by atoms with E-state index in [1.54, 1.807) is 0 Å². The summed E-state index contributed by atoms with van der Waals surface area (Å²) in [6.07, 6.45) is 5.68. The quantitative estimate of drug-likeness (QED) is 0.196.